The van der Waals surface area contributed by atoms with Crippen LogP contribution in [0.25, 0.3) is 0 Å². The Morgan fingerprint density at radius 3 is 2.13 bits per heavy atom. The molecule has 4 nitrogen and oxygen atoms in total. The predicted octanol–water partition coefficient (Wildman–Crippen LogP) is 5.56. The molecular weight excluding hydrogens is 414 g/mol. The highest BCUT2D eigenvalue weighted by atomic mass is 19.4. The Hall–Kier alpha value is -3.17. The van der Waals surface area contributed by atoms with E-state index in [4.69, 9.17) is 9.47 Å². The lowest BCUT2D eigenvalue weighted by atomic mass is 10.0. The van der Waals surface area contributed by atoms with E-state index in [-0.39, 0.29) is 24.8 Å². The number of ether oxygens (including phenoxy) is 2. The zero-order valence-corrected chi connectivity index (χ0v) is 15.6. The highest BCUT2D eigenvalue weighted by Gasteiger charge is 2.36. The highest BCUT2D eigenvalue weighted by molar-refractivity contribution is 5.34. The average Bonchev–Trinajstić information content (AvgIpc) is 3.12. The molecule has 2 aromatic carbocycles. The van der Waals surface area contributed by atoms with Crippen LogP contribution in [0, 0.1) is 0 Å². The molecule has 1 aromatic heterocycles. The molecule has 3 aromatic rings. The molecule has 30 heavy (non-hydrogen) atoms. The van der Waals surface area contributed by atoms with Gasteiger partial charge in [-0.25, -0.2) is 4.98 Å². The summed E-state index contributed by atoms with van der Waals surface area (Å²) in [6.07, 6.45) is -6.95. The van der Waals surface area contributed by atoms with Crippen molar-refractivity contribution in [2.75, 3.05) is 7.11 Å². The Balaban J connectivity index is 1.83. The van der Waals surface area contributed by atoms with Crippen LogP contribution in [0.1, 0.15) is 22.5 Å². The highest BCUT2D eigenvalue weighted by Crippen LogP contribution is 2.36. The molecule has 0 radical (unpaired) electrons. The van der Waals surface area contributed by atoms with Gasteiger partial charge in [-0.05, 0) is 35.9 Å². The van der Waals surface area contributed by atoms with Crippen molar-refractivity contribution in [2.24, 2.45) is 0 Å². The van der Waals surface area contributed by atoms with Crippen LogP contribution in [0.3, 0.4) is 0 Å². The SMILES string of the molecule is COc1cccc(OCc2nccn2Cc2cc(C(F)(F)F)cc(C(F)(F)F)c2)c1. The van der Waals surface area contributed by atoms with Crippen molar-refractivity contribution in [2.45, 2.75) is 25.5 Å². The van der Waals surface area contributed by atoms with Gasteiger partial charge in [0, 0.05) is 25.0 Å². The molecule has 0 bridgehead atoms. The zero-order valence-electron chi connectivity index (χ0n) is 15.6. The molecule has 0 saturated carbocycles. The Morgan fingerprint density at radius 2 is 1.53 bits per heavy atom. The van der Waals surface area contributed by atoms with Gasteiger partial charge in [0.15, 0.2) is 0 Å². The van der Waals surface area contributed by atoms with Crippen LogP contribution in [0.15, 0.2) is 54.9 Å². The predicted molar refractivity (Wildman–Crippen MR) is 95.1 cm³/mol. The smallest absolute Gasteiger partial charge is 0.416 e. The second-order valence-corrected chi connectivity index (χ2v) is 6.35. The molecule has 0 amide bonds. The third-order valence-electron chi connectivity index (χ3n) is 4.21. The molecule has 0 atom stereocenters. The first kappa shape index (κ1) is 21.5. The molecule has 0 fully saturated rings. The lowest BCUT2D eigenvalue weighted by molar-refractivity contribution is -0.143. The number of aromatic nitrogens is 2. The number of hydrogen-bond donors (Lipinski definition) is 0. The number of halogens is 6. The van der Waals surface area contributed by atoms with Crippen molar-refractivity contribution in [3.63, 3.8) is 0 Å². The molecule has 0 aliphatic rings. The molecule has 0 aliphatic heterocycles. The molecule has 10 heteroatoms. The van der Waals surface area contributed by atoms with Crippen LogP contribution in [0.5, 0.6) is 11.5 Å². The largest absolute Gasteiger partial charge is 0.497 e. The summed E-state index contributed by atoms with van der Waals surface area (Å²) in [7, 11) is 1.50. The standard InChI is InChI=1S/C20H16F6N2O2/c1-29-16-3-2-4-17(10-16)30-12-18-27-5-6-28(18)11-13-7-14(19(21,22)23)9-15(8-13)20(24,25)26/h2-10H,11-12H2,1H3. The normalized spacial score (nSPS) is 12.1. The number of alkyl halides is 6. The van der Waals surface area contributed by atoms with Crippen LogP contribution in [-0.4, -0.2) is 16.7 Å². The van der Waals surface area contributed by atoms with Crippen LogP contribution in [0.2, 0.25) is 0 Å². The van der Waals surface area contributed by atoms with Gasteiger partial charge in [0.05, 0.1) is 18.2 Å². The quantitative estimate of drug-likeness (QED) is 0.481. The van der Waals surface area contributed by atoms with Crippen molar-refractivity contribution in [1.82, 2.24) is 9.55 Å². The summed E-state index contributed by atoms with van der Waals surface area (Å²) < 4.78 is 90.4. The van der Waals surface area contributed by atoms with Crippen molar-refractivity contribution in [3.05, 3.63) is 77.4 Å². The third kappa shape index (κ3) is 5.25. The Bertz CT molecular complexity index is 979. The number of nitrogens with zero attached hydrogens (tertiary/aromatic N) is 2. The lowest BCUT2D eigenvalue weighted by Crippen LogP contribution is -2.13. The zero-order chi connectivity index (χ0) is 21.9. The second-order valence-electron chi connectivity index (χ2n) is 6.35. The number of hydrogen-bond acceptors (Lipinski definition) is 3. The first-order valence-corrected chi connectivity index (χ1v) is 8.61. The summed E-state index contributed by atoms with van der Waals surface area (Å²) in [5.41, 5.74) is -2.87. The van der Waals surface area contributed by atoms with E-state index in [1.54, 1.807) is 24.3 Å². The summed E-state index contributed by atoms with van der Waals surface area (Å²) in [6.45, 7) is -0.269. The van der Waals surface area contributed by atoms with E-state index < -0.39 is 23.5 Å². The van der Waals surface area contributed by atoms with Crippen molar-refractivity contribution >= 4 is 0 Å². The fraction of sp³-hybridized carbons (Fsp3) is 0.250. The summed E-state index contributed by atoms with van der Waals surface area (Å²) in [6, 6.07) is 8.24. The van der Waals surface area contributed by atoms with E-state index >= 15 is 0 Å². The fourth-order valence-electron chi connectivity index (χ4n) is 2.77. The molecule has 3 rings (SSSR count). The lowest BCUT2D eigenvalue weighted by Gasteiger charge is -2.15. The van der Waals surface area contributed by atoms with Gasteiger partial charge in [-0.2, -0.15) is 26.3 Å². The van der Waals surface area contributed by atoms with Gasteiger partial charge in [0.1, 0.15) is 23.9 Å². The molecule has 0 aliphatic carbocycles. The molecule has 1 heterocycles. The number of rotatable bonds is 6. The third-order valence-corrected chi connectivity index (χ3v) is 4.21. The topological polar surface area (TPSA) is 36.3 Å². The van der Waals surface area contributed by atoms with E-state index in [9.17, 15) is 26.3 Å². The first-order valence-electron chi connectivity index (χ1n) is 8.61. The van der Waals surface area contributed by atoms with E-state index in [0.29, 0.717) is 29.5 Å². The number of methoxy groups -OCH3 is 1. The minimum Gasteiger partial charge on any atom is -0.497 e. The summed E-state index contributed by atoms with van der Waals surface area (Å²) in [5.74, 6) is 1.38. The van der Waals surface area contributed by atoms with Gasteiger partial charge in [0.2, 0.25) is 0 Å². The first-order chi connectivity index (χ1) is 14.1. The maximum atomic E-state index is 13.0. The number of imidazole rings is 1. The maximum absolute atomic E-state index is 13.0. The van der Waals surface area contributed by atoms with E-state index in [1.807, 2.05) is 0 Å². The van der Waals surface area contributed by atoms with Gasteiger partial charge in [0.25, 0.3) is 0 Å². The fourth-order valence-corrected chi connectivity index (χ4v) is 2.77. The van der Waals surface area contributed by atoms with Gasteiger partial charge >= 0.3 is 12.4 Å². The van der Waals surface area contributed by atoms with Gasteiger partial charge in [-0.1, -0.05) is 6.07 Å². The number of benzene rings is 2. The van der Waals surface area contributed by atoms with Crippen LogP contribution >= 0.6 is 0 Å². The van der Waals surface area contributed by atoms with Gasteiger partial charge in [-0.3, -0.25) is 0 Å². The van der Waals surface area contributed by atoms with Crippen LogP contribution in [0.4, 0.5) is 26.3 Å². The summed E-state index contributed by atoms with van der Waals surface area (Å²) in [5, 5.41) is 0. The Labute approximate surface area is 167 Å². The molecule has 0 saturated heterocycles. The minimum atomic E-state index is -4.90. The Kier molecular flexibility index (Phi) is 5.95. The Morgan fingerprint density at radius 1 is 0.900 bits per heavy atom. The molecule has 0 unspecified atom stereocenters. The van der Waals surface area contributed by atoms with Crippen LogP contribution in [-0.2, 0) is 25.5 Å². The molecule has 160 valence electrons. The summed E-state index contributed by atoms with van der Waals surface area (Å²) >= 11 is 0. The molecular formula is C20H16F6N2O2. The second kappa shape index (κ2) is 8.29. The molecule has 0 spiro atoms. The van der Waals surface area contributed by atoms with Crippen molar-refractivity contribution in [1.29, 1.82) is 0 Å². The van der Waals surface area contributed by atoms with Crippen molar-refractivity contribution in [3.8, 4) is 11.5 Å². The van der Waals surface area contributed by atoms with E-state index in [2.05, 4.69) is 4.98 Å². The van der Waals surface area contributed by atoms with E-state index in [0.717, 1.165) is 0 Å². The summed E-state index contributed by atoms with van der Waals surface area (Å²) in [4.78, 5) is 4.07. The maximum Gasteiger partial charge on any atom is 0.416 e. The van der Waals surface area contributed by atoms with Crippen molar-refractivity contribution < 1.29 is 35.8 Å². The minimum absolute atomic E-state index is 0.0365. The average molecular weight is 430 g/mol. The molecule has 0 N–H and O–H groups in total. The monoisotopic (exact) mass is 430 g/mol. The van der Waals surface area contributed by atoms with Gasteiger partial charge in [-0.15, -0.1) is 0 Å². The van der Waals surface area contributed by atoms with E-state index in [1.165, 1.54) is 24.1 Å². The van der Waals surface area contributed by atoms with Gasteiger partial charge < -0.3 is 14.0 Å². The van der Waals surface area contributed by atoms with Crippen LogP contribution < -0.4 is 9.47 Å².